The SMILES string of the molecule is CC1CCN(CC2CCNCC2)C(C(N)=O)C1.Cl. The second-order valence-electron chi connectivity index (χ2n) is 5.74. The van der Waals surface area contributed by atoms with Crippen LogP contribution in [0.5, 0.6) is 0 Å². The molecule has 106 valence electrons. The van der Waals surface area contributed by atoms with Crippen LogP contribution in [-0.2, 0) is 4.79 Å². The fourth-order valence-electron chi connectivity index (χ4n) is 3.10. The molecule has 0 spiro atoms. The second-order valence-corrected chi connectivity index (χ2v) is 5.74. The van der Waals surface area contributed by atoms with Gasteiger partial charge in [-0.3, -0.25) is 9.69 Å². The number of primary amides is 1. The molecule has 0 aromatic carbocycles. The van der Waals surface area contributed by atoms with E-state index in [1.54, 1.807) is 0 Å². The number of carbonyl (C=O) groups excluding carboxylic acids is 1. The highest BCUT2D eigenvalue weighted by Crippen LogP contribution is 2.25. The quantitative estimate of drug-likeness (QED) is 0.808. The standard InChI is InChI=1S/C13H25N3O.ClH/c1-10-4-7-16(12(8-10)13(14)17)9-11-2-5-15-6-3-11;/h10-12,15H,2-9H2,1H3,(H2,14,17);1H. The van der Waals surface area contributed by atoms with Crippen LogP contribution >= 0.6 is 12.4 Å². The molecular weight excluding hydrogens is 250 g/mol. The van der Waals surface area contributed by atoms with Crippen molar-refractivity contribution in [1.82, 2.24) is 10.2 Å². The van der Waals surface area contributed by atoms with Gasteiger partial charge in [-0.05, 0) is 57.2 Å². The molecule has 0 saturated carbocycles. The highest BCUT2D eigenvalue weighted by molar-refractivity contribution is 5.85. The maximum atomic E-state index is 11.5. The van der Waals surface area contributed by atoms with Crippen molar-refractivity contribution in [2.24, 2.45) is 17.6 Å². The van der Waals surface area contributed by atoms with E-state index in [-0.39, 0.29) is 24.4 Å². The summed E-state index contributed by atoms with van der Waals surface area (Å²) >= 11 is 0. The van der Waals surface area contributed by atoms with E-state index < -0.39 is 0 Å². The summed E-state index contributed by atoms with van der Waals surface area (Å²) in [6.07, 6.45) is 4.62. The lowest BCUT2D eigenvalue weighted by Crippen LogP contribution is -2.51. The zero-order valence-corrected chi connectivity index (χ0v) is 12.0. The van der Waals surface area contributed by atoms with Crippen LogP contribution in [0.3, 0.4) is 0 Å². The molecule has 2 rings (SSSR count). The summed E-state index contributed by atoms with van der Waals surface area (Å²) in [7, 11) is 0. The molecule has 1 amide bonds. The fraction of sp³-hybridized carbons (Fsp3) is 0.923. The number of likely N-dealkylation sites (tertiary alicyclic amines) is 1. The summed E-state index contributed by atoms with van der Waals surface area (Å²) < 4.78 is 0. The zero-order valence-electron chi connectivity index (χ0n) is 11.2. The van der Waals surface area contributed by atoms with E-state index in [1.807, 2.05) is 0 Å². The van der Waals surface area contributed by atoms with Crippen LogP contribution in [0, 0.1) is 11.8 Å². The first-order valence-corrected chi connectivity index (χ1v) is 6.91. The molecule has 2 unspecified atom stereocenters. The Kier molecular flexibility index (Phi) is 6.39. The van der Waals surface area contributed by atoms with Gasteiger partial charge in [-0.25, -0.2) is 0 Å². The largest absolute Gasteiger partial charge is 0.368 e. The van der Waals surface area contributed by atoms with Gasteiger partial charge in [0.15, 0.2) is 0 Å². The van der Waals surface area contributed by atoms with E-state index in [1.165, 1.54) is 19.3 Å². The van der Waals surface area contributed by atoms with E-state index in [9.17, 15) is 4.79 Å². The van der Waals surface area contributed by atoms with Crippen molar-refractivity contribution in [3.63, 3.8) is 0 Å². The van der Waals surface area contributed by atoms with Crippen molar-refractivity contribution in [1.29, 1.82) is 0 Å². The fourth-order valence-corrected chi connectivity index (χ4v) is 3.10. The minimum absolute atomic E-state index is 0. The summed E-state index contributed by atoms with van der Waals surface area (Å²) in [6, 6.07) is -0.0198. The number of hydrogen-bond donors (Lipinski definition) is 2. The number of rotatable bonds is 3. The van der Waals surface area contributed by atoms with Crippen molar-refractivity contribution in [3.05, 3.63) is 0 Å². The molecule has 2 fully saturated rings. The molecule has 0 aromatic rings. The summed E-state index contributed by atoms with van der Waals surface area (Å²) in [5.74, 6) is 1.24. The first-order valence-electron chi connectivity index (χ1n) is 6.91. The summed E-state index contributed by atoms with van der Waals surface area (Å²) in [4.78, 5) is 13.9. The number of piperidine rings is 2. The van der Waals surface area contributed by atoms with E-state index in [0.717, 1.165) is 38.5 Å². The average molecular weight is 276 g/mol. The van der Waals surface area contributed by atoms with E-state index in [2.05, 4.69) is 17.1 Å². The Morgan fingerprint density at radius 3 is 2.61 bits per heavy atom. The molecule has 2 aliphatic heterocycles. The van der Waals surface area contributed by atoms with Gasteiger partial charge in [0.05, 0.1) is 6.04 Å². The molecule has 2 heterocycles. The van der Waals surface area contributed by atoms with Gasteiger partial charge in [-0.15, -0.1) is 12.4 Å². The molecule has 0 radical (unpaired) electrons. The first kappa shape index (κ1) is 15.7. The van der Waals surface area contributed by atoms with Crippen molar-refractivity contribution in [2.45, 2.75) is 38.6 Å². The Balaban J connectivity index is 0.00000162. The average Bonchev–Trinajstić information content (AvgIpc) is 2.32. The maximum absolute atomic E-state index is 11.5. The molecule has 2 aliphatic rings. The number of nitrogens with one attached hydrogen (secondary N) is 1. The molecule has 18 heavy (non-hydrogen) atoms. The Morgan fingerprint density at radius 2 is 2.00 bits per heavy atom. The topological polar surface area (TPSA) is 58.4 Å². The van der Waals surface area contributed by atoms with Gasteiger partial charge in [-0.1, -0.05) is 6.92 Å². The molecule has 0 aliphatic carbocycles. The molecule has 0 aromatic heterocycles. The van der Waals surface area contributed by atoms with Crippen LogP contribution in [-0.4, -0.2) is 43.0 Å². The van der Waals surface area contributed by atoms with Gasteiger partial charge >= 0.3 is 0 Å². The van der Waals surface area contributed by atoms with E-state index >= 15 is 0 Å². The predicted molar refractivity (Wildman–Crippen MR) is 75.8 cm³/mol. The van der Waals surface area contributed by atoms with Gasteiger partial charge in [0, 0.05) is 6.54 Å². The second kappa shape index (κ2) is 7.31. The number of halogens is 1. The third-order valence-electron chi connectivity index (χ3n) is 4.26. The normalized spacial score (nSPS) is 30.7. The van der Waals surface area contributed by atoms with Gasteiger partial charge in [0.25, 0.3) is 0 Å². The lowest BCUT2D eigenvalue weighted by Gasteiger charge is -2.39. The van der Waals surface area contributed by atoms with Crippen LogP contribution in [0.1, 0.15) is 32.6 Å². The lowest BCUT2D eigenvalue weighted by molar-refractivity contribution is -0.125. The Labute approximate surface area is 116 Å². The smallest absolute Gasteiger partial charge is 0.234 e. The van der Waals surface area contributed by atoms with Crippen LogP contribution in [0.4, 0.5) is 0 Å². The van der Waals surface area contributed by atoms with Gasteiger partial charge in [0.1, 0.15) is 0 Å². The maximum Gasteiger partial charge on any atom is 0.234 e. The van der Waals surface area contributed by atoms with Crippen LogP contribution in [0.25, 0.3) is 0 Å². The third-order valence-corrected chi connectivity index (χ3v) is 4.26. The monoisotopic (exact) mass is 275 g/mol. The van der Waals surface area contributed by atoms with Gasteiger partial charge < -0.3 is 11.1 Å². The van der Waals surface area contributed by atoms with E-state index in [0.29, 0.717) is 5.92 Å². The molecular formula is C13H26ClN3O. The van der Waals surface area contributed by atoms with Crippen molar-refractivity contribution < 1.29 is 4.79 Å². The van der Waals surface area contributed by atoms with Gasteiger partial charge in [-0.2, -0.15) is 0 Å². The van der Waals surface area contributed by atoms with Crippen LogP contribution < -0.4 is 11.1 Å². The Hall–Kier alpha value is -0.320. The number of nitrogens with zero attached hydrogens (tertiary/aromatic N) is 1. The summed E-state index contributed by atoms with van der Waals surface area (Å²) in [5, 5.41) is 3.38. The first-order chi connectivity index (χ1) is 8.16. The highest BCUT2D eigenvalue weighted by atomic mass is 35.5. The number of carbonyl (C=O) groups is 1. The third kappa shape index (κ3) is 4.11. The van der Waals surface area contributed by atoms with Gasteiger partial charge in [0.2, 0.25) is 5.91 Å². The molecule has 4 nitrogen and oxygen atoms in total. The van der Waals surface area contributed by atoms with Crippen molar-refractivity contribution in [3.8, 4) is 0 Å². The number of amides is 1. The van der Waals surface area contributed by atoms with E-state index in [4.69, 9.17) is 5.73 Å². The molecule has 3 N–H and O–H groups in total. The van der Waals surface area contributed by atoms with Crippen LogP contribution in [0.2, 0.25) is 0 Å². The molecule has 2 atom stereocenters. The zero-order chi connectivity index (χ0) is 12.3. The molecule has 5 heteroatoms. The Bertz CT molecular complexity index is 269. The minimum Gasteiger partial charge on any atom is -0.368 e. The molecule has 0 bridgehead atoms. The summed E-state index contributed by atoms with van der Waals surface area (Å²) in [5.41, 5.74) is 5.53. The van der Waals surface area contributed by atoms with Crippen molar-refractivity contribution in [2.75, 3.05) is 26.2 Å². The lowest BCUT2D eigenvalue weighted by atomic mass is 9.89. The minimum atomic E-state index is -0.134. The van der Waals surface area contributed by atoms with Crippen LogP contribution in [0.15, 0.2) is 0 Å². The predicted octanol–water partition coefficient (Wildman–Crippen LogP) is 0.994. The summed E-state index contributed by atoms with van der Waals surface area (Å²) in [6.45, 7) is 6.56. The number of hydrogen-bond acceptors (Lipinski definition) is 3. The Morgan fingerprint density at radius 1 is 1.33 bits per heavy atom. The van der Waals surface area contributed by atoms with Crippen molar-refractivity contribution >= 4 is 18.3 Å². The highest BCUT2D eigenvalue weighted by Gasteiger charge is 2.31. The molecule has 2 saturated heterocycles. The number of nitrogens with two attached hydrogens (primary N) is 1.